The lowest BCUT2D eigenvalue weighted by Crippen LogP contribution is -2.52. The number of rotatable bonds is 3. The molecule has 32 heavy (non-hydrogen) atoms. The van der Waals surface area contributed by atoms with Crippen molar-refractivity contribution in [2.24, 2.45) is 5.92 Å². The van der Waals surface area contributed by atoms with E-state index in [9.17, 15) is 0 Å². The first kappa shape index (κ1) is 20.1. The Bertz CT molecular complexity index is 1120. The molecule has 1 saturated heterocycles. The molecule has 2 heteroatoms. The van der Waals surface area contributed by atoms with E-state index in [0.717, 1.165) is 0 Å². The molecule has 3 unspecified atom stereocenters. The molecule has 3 aromatic carbocycles. The highest BCUT2D eigenvalue weighted by molar-refractivity contribution is 5.60. The molecule has 3 aliphatic rings. The number of benzene rings is 3. The first-order valence-corrected chi connectivity index (χ1v) is 12.4. The Kier molecular flexibility index (Phi) is 4.69. The molecule has 2 fully saturated rings. The SMILES string of the molecule is Cc1ccccc1N1C(C2CCCC2)N2C(c3ccccc3C2(C)c2ccccc2)[C@@H]1C. The minimum Gasteiger partial charge on any atom is -0.351 e. The van der Waals surface area contributed by atoms with Gasteiger partial charge in [-0.2, -0.15) is 0 Å². The number of para-hydroxylation sites is 1. The summed E-state index contributed by atoms with van der Waals surface area (Å²) < 4.78 is 0. The number of fused-ring (bicyclic) bond motifs is 3. The van der Waals surface area contributed by atoms with Gasteiger partial charge >= 0.3 is 0 Å². The van der Waals surface area contributed by atoms with Crippen LogP contribution in [0.4, 0.5) is 5.69 Å². The number of nitrogens with zero attached hydrogens (tertiary/aromatic N) is 2. The van der Waals surface area contributed by atoms with Crippen molar-refractivity contribution >= 4 is 5.69 Å². The molecule has 4 atom stereocenters. The summed E-state index contributed by atoms with van der Waals surface area (Å²) in [5.74, 6) is 0.708. The summed E-state index contributed by atoms with van der Waals surface area (Å²) in [6.45, 7) is 7.23. The van der Waals surface area contributed by atoms with Crippen molar-refractivity contribution in [3.05, 3.63) is 101 Å². The fourth-order valence-electron chi connectivity index (χ4n) is 7.21. The zero-order valence-corrected chi connectivity index (χ0v) is 19.5. The van der Waals surface area contributed by atoms with E-state index in [-0.39, 0.29) is 5.54 Å². The summed E-state index contributed by atoms with van der Waals surface area (Å²) in [4.78, 5) is 5.72. The topological polar surface area (TPSA) is 6.48 Å². The molecular weight excluding hydrogens is 388 g/mol. The van der Waals surface area contributed by atoms with Crippen LogP contribution in [-0.2, 0) is 5.54 Å². The lowest BCUT2D eigenvalue weighted by molar-refractivity contribution is 0.0700. The zero-order chi connectivity index (χ0) is 21.9. The van der Waals surface area contributed by atoms with Crippen molar-refractivity contribution in [2.75, 3.05) is 4.90 Å². The monoisotopic (exact) mass is 422 g/mol. The second-order valence-corrected chi connectivity index (χ2v) is 10.3. The van der Waals surface area contributed by atoms with Crippen LogP contribution in [0.5, 0.6) is 0 Å². The molecule has 3 aromatic rings. The van der Waals surface area contributed by atoms with Crippen molar-refractivity contribution in [3.8, 4) is 0 Å². The Morgan fingerprint density at radius 3 is 2.22 bits per heavy atom. The summed E-state index contributed by atoms with van der Waals surface area (Å²) in [7, 11) is 0. The Morgan fingerprint density at radius 1 is 0.812 bits per heavy atom. The summed E-state index contributed by atoms with van der Waals surface area (Å²) >= 11 is 0. The van der Waals surface area contributed by atoms with Gasteiger partial charge in [0.15, 0.2) is 0 Å². The van der Waals surface area contributed by atoms with Gasteiger partial charge in [0.05, 0.1) is 17.7 Å². The number of anilines is 1. The molecule has 2 nitrogen and oxygen atoms in total. The maximum absolute atomic E-state index is 2.92. The van der Waals surface area contributed by atoms with Crippen LogP contribution in [0.1, 0.15) is 67.8 Å². The molecule has 0 spiro atoms. The summed E-state index contributed by atoms with van der Waals surface area (Å²) in [6, 6.07) is 30.3. The van der Waals surface area contributed by atoms with Crippen LogP contribution in [0, 0.1) is 12.8 Å². The Hall–Kier alpha value is -2.58. The lowest BCUT2D eigenvalue weighted by atomic mass is 9.83. The number of aryl methyl sites for hydroxylation is 1. The average molecular weight is 423 g/mol. The summed E-state index contributed by atoms with van der Waals surface area (Å²) in [5.41, 5.74) is 7.11. The van der Waals surface area contributed by atoms with E-state index in [2.05, 4.69) is 109 Å². The van der Waals surface area contributed by atoms with Crippen molar-refractivity contribution in [2.45, 2.75) is 70.2 Å². The molecule has 0 radical (unpaired) electrons. The van der Waals surface area contributed by atoms with Crippen molar-refractivity contribution in [1.82, 2.24) is 4.90 Å². The predicted molar refractivity (Wildman–Crippen MR) is 133 cm³/mol. The van der Waals surface area contributed by atoms with Gasteiger partial charge in [0.1, 0.15) is 0 Å². The second-order valence-electron chi connectivity index (χ2n) is 10.3. The van der Waals surface area contributed by atoms with E-state index in [1.807, 2.05) is 0 Å². The van der Waals surface area contributed by atoms with Gasteiger partial charge in [0.2, 0.25) is 0 Å². The predicted octanol–water partition coefficient (Wildman–Crippen LogP) is 7.04. The van der Waals surface area contributed by atoms with Gasteiger partial charge in [-0.05, 0) is 67.9 Å². The van der Waals surface area contributed by atoms with Crippen LogP contribution in [0.2, 0.25) is 0 Å². The van der Waals surface area contributed by atoms with E-state index in [1.54, 1.807) is 0 Å². The highest BCUT2D eigenvalue weighted by Crippen LogP contribution is 2.59. The van der Waals surface area contributed by atoms with E-state index < -0.39 is 0 Å². The van der Waals surface area contributed by atoms with Gasteiger partial charge in [-0.3, -0.25) is 4.90 Å². The quantitative estimate of drug-likeness (QED) is 0.446. The normalized spacial score (nSPS) is 30.0. The number of hydrogen-bond acceptors (Lipinski definition) is 2. The zero-order valence-electron chi connectivity index (χ0n) is 19.5. The van der Waals surface area contributed by atoms with Crippen LogP contribution in [0.15, 0.2) is 78.9 Å². The number of hydrogen-bond donors (Lipinski definition) is 0. The van der Waals surface area contributed by atoms with E-state index in [1.165, 1.54) is 53.6 Å². The Labute approximate surface area is 192 Å². The molecule has 1 aliphatic carbocycles. The van der Waals surface area contributed by atoms with Gasteiger partial charge in [-0.15, -0.1) is 0 Å². The largest absolute Gasteiger partial charge is 0.351 e. The van der Waals surface area contributed by atoms with Crippen LogP contribution in [-0.4, -0.2) is 17.1 Å². The molecule has 164 valence electrons. The molecule has 0 aromatic heterocycles. The Balaban J connectivity index is 1.59. The van der Waals surface area contributed by atoms with Crippen molar-refractivity contribution in [1.29, 1.82) is 0 Å². The fourth-order valence-corrected chi connectivity index (χ4v) is 7.21. The minimum atomic E-state index is -0.124. The molecular formula is C30H34N2. The lowest BCUT2D eigenvalue weighted by Gasteiger charge is -2.45. The second kappa shape index (κ2) is 7.49. The van der Waals surface area contributed by atoms with Crippen LogP contribution in [0.25, 0.3) is 0 Å². The molecule has 0 amide bonds. The fraction of sp³-hybridized carbons (Fsp3) is 0.400. The van der Waals surface area contributed by atoms with Crippen LogP contribution < -0.4 is 4.90 Å². The van der Waals surface area contributed by atoms with E-state index in [0.29, 0.717) is 24.2 Å². The molecule has 2 heterocycles. The smallest absolute Gasteiger partial charge is 0.0868 e. The molecule has 0 bridgehead atoms. The first-order valence-electron chi connectivity index (χ1n) is 12.4. The third kappa shape index (κ3) is 2.69. The summed E-state index contributed by atoms with van der Waals surface area (Å²) in [5, 5.41) is 0. The Morgan fingerprint density at radius 2 is 1.47 bits per heavy atom. The van der Waals surface area contributed by atoms with Gasteiger partial charge in [0, 0.05) is 11.7 Å². The third-order valence-electron chi connectivity index (χ3n) is 8.64. The average Bonchev–Trinajstić information content (AvgIpc) is 3.52. The maximum Gasteiger partial charge on any atom is 0.0868 e. The maximum atomic E-state index is 2.92. The van der Waals surface area contributed by atoms with Crippen molar-refractivity contribution in [3.63, 3.8) is 0 Å². The van der Waals surface area contributed by atoms with Crippen LogP contribution in [0.3, 0.4) is 0 Å². The van der Waals surface area contributed by atoms with Crippen LogP contribution >= 0.6 is 0 Å². The highest BCUT2D eigenvalue weighted by atomic mass is 15.5. The molecule has 1 saturated carbocycles. The third-order valence-corrected chi connectivity index (χ3v) is 8.64. The van der Waals surface area contributed by atoms with Gasteiger partial charge < -0.3 is 4.90 Å². The minimum absolute atomic E-state index is 0.124. The van der Waals surface area contributed by atoms with Gasteiger partial charge in [0.25, 0.3) is 0 Å². The van der Waals surface area contributed by atoms with E-state index in [4.69, 9.17) is 0 Å². The molecule has 2 aliphatic heterocycles. The van der Waals surface area contributed by atoms with Crippen molar-refractivity contribution < 1.29 is 0 Å². The summed E-state index contributed by atoms with van der Waals surface area (Å²) in [6.07, 6.45) is 5.82. The standard InChI is InChI=1S/C30H34N2/c1-21-13-7-12-20-27(21)31-22(2)28-25-18-10-11-19-26(25)30(3,24-16-5-4-6-17-24)32(28)29(31)23-14-8-9-15-23/h4-7,10-13,16-20,22-23,28-29H,8-9,14-15H2,1-3H3/t22-,28?,29?,30?/m0/s1. The van der Waals surface area contributed by atoms with E-state index >= 15 is 0 Å². The highest BCUT2D eigenvalue weighted by Gasteiger charge is 2.60. The van der Waals surface area contributed by atoms with Gasteiger partial charge in [-0.1, -0.05) is 85.6 Å². The molecule has 0 N–H and O–H groups in total. The molecule has 6 rings (SSSR count). The first-order chi connectivity index (χ1) is 15.6. The van der Waals surface area contributed by atoms with Gasteiger partial charge in [-0.25, -0.2) is 0 Å².